The number of alkyl halides is 3. The van der Waals surface area contributed by atoms with Crippen LogP contribution in [-0.4, -0.2) is 122 Å². The number of hydrogen-bond donors (Lipinski definition) is 2. The van der Waals surface area contributed by atoms with E-state index in [1.54, 1.807) is 22.6 Å². The molecule has 0 bridgehead atoms. The van der Waals surface area contributed by atoms with E-state index in [-0.39, 0.29) is 48.7 Å². The molecule has 0 spiro atoms. The van der Waals surface area contributed by atoms with E-state index in [1.807, 2.05) is 24.3 Å². The predicted molar refractivity (Wildman–Crippen MR) is 232 cm³/mol. The number of ether oxygens (including phenoxy) is 2. The maximum Gasteiger partial charge on any atom is 0.284 e. The number of imide groups is 1. The number of piperidine rings is 2. The lowest BCUT2D eigenvalue weighted by atomic mass is 9.85. The van der Waals surface area contributed by atoms with Gasteiger partial charge in [0.05, 0.1) is 59.9 Å². The molecule has 16 nitrogen and oxygen atoms in total. The lowest BCUT2D eigenvalue weighted by Crippen LogP contribution is -2.49. The average Bonchev–Trinajstić information content (AvgIpc) is 3.98. The third-order valence-electron chi connectivity index (χ3n) is 13.8. The molecule has 5 aliphatic rings. The Hall–Kier alpha value is -5.84. The number of benzene rings is 1. The molecule has 4 aliphatic heterocycles. The Morgan fingerprint density at radius 1 is 1.03 bits per heavy atom. The number of rotatable bonds is 12. The van der Waals surface area contributed by atoms with Gasteiger partial charge in [-0.05, 0) is 68.9 Å². The molecule has 4 aromatic heterocycles. The maximum absolute atomic E-state index is 15.5. The third kappa shape index (κ3) is 8.95. The minimum absolute atomic E-state index is 0.0374. The van der Waals surface area contributed by atoms with Gasteiger partial charge in [-0.1, -0.05) is 24.0 Å². The second kappa shape index (κ2) is 18.2. The normalized spacial score (nSPS) is 24.5. The number of halogens is 3. The predicted octanol–water partition coefficient (Wildman–Crippen LogP) is 5.21. The van der Waals surface area contributed by atoms with Crippen LogP contribution in [0.3, 0.4) is 0 Å². The summed E-state index contributed by atoms with van der Waals surface area (Å²) in [6.07, 6.45) is 5.46. The van der Waals surface area contributed by atoms with E-state index < -0.39 is 36.2 Å². The van der Waals surface area contributed by atoms with Crippen LogP contribution in [0.1, 0.15) is 97.1 Å². The van der Waals surface area contributed by atoms with Crippen LogP contribution < -0.4 is 15.5 Å². The first-order valence-corrected chi connectivity index (χ1v) is 22.7. The molecule has 10 rings (SSSR count). The number of aromatic nitrogens is 7. The van der Waals surface area contributed by atoms with Crippen molar-refractivity contribution in [1.82, 2.24) is 44.4 Å². The van der Waals surface area contributed by atoms with Gasteiger partial charge in [-0.15, -0.1) is 0 Å². The Kier molecular flexibility index (Phi) is 12.1. The number of likely N-dealkylation sites (tertiary alicyclic amines) is 1. The first-order chi connectivity index (χ1) is 31.5. The molecule has 1 aliphatic carbocycles. The van der Waals surface area contributed by atoms with Crippen molar-refractivity contribution in [2.75, 3.05) is 62.8 Å². The summed E-state index contributed by atoms with van der Waals surface area (Å²) in [6.45, 7) is 5.17. The number of para-hydroxylation sites is 1. The molecular formula is C46H52F3N11O5. The minimum Gasteiger partial charge on any atom is -0.381 e. The van der Waals surface area contributed by atoms with Crippen LogP contribution in [0.5, 0.6) is 0 Å². The van der Waals surface area contributed by atoms with Gasteiger partial charge in [0.2, 0.25) is 11.8 Å². The van der Waals surface area contributed by atoms with Crippen molar-refractivity contribution in [3.63, 3.8) is 0 Å². The maximum atomic E-state index is 15.5. The fourth-order valence-electron chi connectivity index (χ4n) is 10.2. The number of nitrogens with one attached hydrogen (secondary N) is 2. The molecule has 342 valence electrons. The van der Waals surface area contributed by atoms with Crippen molar-refractivity contribution in [2.45, 2.75) is 82.0 Å². The van der Waals surface area contributed by atoms with E-state index in [0.29, 0.717) is 54.0 Å². The fraction of sp³-hybridized carbons (Fsp3) is 0.543. The highest BCUT2D eigenvalue weighted by Crippen LogP contribution is 2.37. The number of carbonyl (C=O) groups is 3. The smallest absolute Gasteiger partial charge is 0.284 e. The molecule has 2 N–H and O–H groups in total. The molecule has 8 heterocycles. The minimum atomic E-state index is -2.89. The topological polar surface area (TPSA) is 166 Å². The number of nitrogens with zero attached hydrogens (tertiary/aromatic N) is 9. The molecule has 65 heavy (non-hydrogen) atoms. The summed E-state index contributed by atoms with van der Waals surface area (Å²) in [5.74, 6) is 6.74. The lowest BCUT2D eigenvalue weighted by molar-refractivity contribution is -0.134. The zero-order chi connectivity index (χ0) is 44.8. The van der Waals surface area contributed by atoms with Crippen LogP contribution in [0, 0.1) is 29.6 Å². The molecule has 3 atom stereocenters. The second-order valence-electron chi connectivity index (χ2n) is 18.3. The van der Waals surface area contributed by atoms with Gasteiger partial charge in [-0.3, -0.25) is 34.0 Å². The van der Waals surface area contributed by atoms with Gasteiger partial charge in [0.15, 0.2) is 11.3 Å². The van der Waals surface area contributed by atoms with Crippen molar-refractivity contribution in [3.05, 3.63) is 65.4 Å². The number of amides is 3. The molecule has 5 fully saturated rings. The monoisotopic (exact) mass is 895 g/mol. The van der Waals surface area contributed by atoms with Gasteiger partial charge in [-0.25, -0.2) is 22.7 Å². The van der Waals surface area contributed by atoms with Gasteiger partial charge in [0.1, 0.15) is 24.2 Å². The zero-order valence-electron chi connectivity index (χ0n) is 36.2. The third-order valence-corrected chi connectivity index (χ3v) is 13.8. The molecular weight excluding hydrogens is 844 g/mol. The van der Waals surface area contributed by atoms with Crippen LogP contribution in [0.4, 0.5) is 24.7 Å². The van der Waals surface area contributed by atoms with E-state index in [2.05, 4.69) is 47.6 Å². The van der Waals surface area contributed by atoms with Crippen molar-refractivity contribution < 1.29 is 37.0 Å². The summed E-state index contributed by atoms with van der Waals surface area (Å²) in [6, 6.07) is 7.38. The Morgan fingerprint density at radius 3 is 2.62 bits per heavy atom. The van der Waals surface area contributed by atoms with Crippen LogP contribution in [0.25, 0.3) is 16.6 Å². The molecule has 4 saturated heterocycles. The van der Waals surface area contributed by atoms with E-state index in [4.69, 9.17) is 14.5 Å². The number of aryl methyl sites for hydroxylation is 1. The SMILES string of the molecule is Cn1nc(C2CCC(=O)NC2=O)c2cccc(C#CCO[C@H]3CCN(CC4CCC(n5cc(NC(=O)c6cnn7ccc(N8CC(CC9COC9)C8)nc67)c(C(F)F)n5)CC4)C[C@H]3F)c21. The van der Waals surface area contributed by atoms with Gasteiger partial charge in [0.25, 0.3) is 12.3 Å². The van der Waals surface area contributed by atoms with Gasteiger partial charge in [-0.2, -0.15) is 15.3 Å². The number of anilines is 2. The number of fused-ring (bicyclic) bond motifs is 2. The van der Waals surface area contributed by atoms with E-state index >= 15 is 4.39 Å². The molecule has 0 radical (unpaired) electrons. The molecule has 1 aromatic carbocycles. The highest BCUT2D eigenvalue weighted by Gasteiger charge is 2.36. The van der Waals surface area contributed by atoms with Crippen LogP contribution in [0.2, 0.25) is 0 Å². The first kappa shape index (κ1) is 43.1. The molecule has 5 aromatic rings. The Bertz CT molecular complexity index is 2650. The number of carbonyl (C=O) groups excluding carboxylic acids is 3. The van der Waals surface area contributed by atoms with E-state index in [9.17, 15) is 23.2 Å². The largest absolute Gasteiger partial charge is 0.381 e. The number of hydrogen-bond acceptors (Lipinski definition) is 11. The first-order valence-electron chi connectivity index (χ1n) is 22.7. The molecule has 3 amide bonds. The molecule has 19 heteroatoms. The summed E-state index contributed by atoms with van der Waals surface area (Å²) in [4.78, 5) is 46.8. The molecule has 1 saturated carbocycles. The Balaban J connectivity index is 0.695. The zero-order valence-corrected chi connectivity index (χ0v) is 36.2. The standard InChI is InChI=1S/C46H52F3N11O5/c1-56-42-30(4-2-6-32(42)40(54-56)33-11-12-39(61)53-45(33)62)5-3-17-65-37-13-15-57(23-35(37)47)20-27-7-9-31(10-8-27)60-24-36(41(55-60)43(48)49)51-46(63)34-19-50-59-16-14-38(52-44(34)59)58-21-28(22-58)18-29-25-64-26-29/h2,4,6,14,16,19,24,27-29,31,33,35,37,43H,7-13,15,17-18,20-23,25-26H2,1H3,(H,51,63)(H,53,61,62)/t27?,31?,33?,35-,37+/m1/s1. The average molecular weight is 896 g/mol. The van der Waals surface area contributed by atoms with Crippen LogP contribution in [-0.2, 0) is 26.1 Å². The summed E-state index contributed by atoms with van der Waals surface area (Å²) in [5, 5.41) is 19.0. The van der Waals surface area contributed by atoms with Crippen LogP contribution in [0.15, 0.2) is 42.9 Å². The van der Waals surface area contributed by atoms with E-state index in [1.165, 1.54) is 16.9 Å². The summed E-state index contributed by atoms with van der Waals surface area (Å²) in [5.41, 5.74) is 2.12. The quantitative estimate of drug-likeness (QED) is 0.125. The summed E-state index contributed by atoms with van der Waals surface area (Å²) in [7, 11) is 1.80. The van der Waals surface area contributed by atoms with Crippen molar-refractivity contribution in [2.24, 2.45) is 24.8 Å². The van der Waals surface area contributed by atoms with Crippen molar-refractivity contribution in [1.29, 1.82) is 0 Å². The van der Waals surface area contributed by atoms with Crippen molar-refractivity contribution in [3.8, 4) is 11.8 Å². The van der Waals surface area contributed by atoms with E-state index in [0.717, 1.165) is 81.7 Å². The summed E-state index contributed by atoms with van der Waals surface area (Å²) >= 11 is 0. The summed E-state index contributed by atoms with van der Waals surface area (Å²) < 4.78 is 60.1. The van der Waals surface area contributed by atoms with Gasteiger partial charge in [0, 0.05) is 69.9 Å². The van der Waals surface area contributed by atoms with Gasteiger partial charge < -0.3 is 19.7 Å². The fourth-order valence-corrected chi connectivity index (χ4v) is 10.2. The van der Waals surface area contributed by atoms with Gasteiger partial charge >= 0.3 is 0 Å². The molecule has 1 unspecified atom stereocenters. The van der Waals surface area contributed by atoms with Crippen LogP contribution >= 0.6 is 0 Å². The Labute approximate surface area is 373 Å². The highest BCUT2D eigenvalue weighted by molar-refractivity contribution is 6.08. The lowest BCUT2D eigenvalue weighted by Gasteiger charge is -2.43. The second-order valence-corrected chi connectivity index (χ2v) is 18.3. The van der Waals surface area contributed by atoms with Crippen molar-refractivity contribution >= 4 is 45.8 Å². The highest BCUT2D eigenvalue weighted by atomic mass is 19.3. The Morgan fingerprint density at radius 2 is 1.86 bits per heavy atom.